The van der Waals surface area contributed by atoms with Crippen molar-refractivity contribution in [1.82, 2.24) is 14.5 Å². The molecule has 136 valence electrons. The molecule has 0 spiro atoms. The van der Waals surface area contributed by atoms with Crippen LogP contribution in [0.3, 0.4) is 0 Å². The second-order valence-corrected chi connectivity index (χ2v) is 8.00. The minimum atomic E-state index is 0.00230. The van der Waals surface area contributed by atoms with Crippen LogP contribution in [-0.4, -0.2) is 33.4 Å². The number of rotatable bonds is 4. The average Bonchev–Trinajstić information content (AvgIpc) is 2.95. The quantitative estimate of drug-likeness (QED) is 0.827. The van der Waals surface area contributed by atoms with Crippen LogP contribution in [-0.2, 0) is 0 Å². The van der Waals surface area contributed by atoms with Crippen molar-refractivity contribution < 1.29 is 4.79 Å². The zero-order chi connectivity index (χ0) is 18.1. The second kappa shape index (κ2) is 7.28. The zero-order valence-corrected chi connectivity index (χ0v) is 16.4. The molecule has 1 saturated carbocycles. The van der Waals surface area contributed by atoms with Crippen molar-refractivity contribution in [3.8, 4) is 0 Å². The van der Waals surface area contributed by atoms with Crippen molar-refractivity contribution >= 4 is 27.5 Å². The van der Waals surface area contributed by atoms with Gasteiger partial charge in [-0.3, -0.25) is 14.2 Å². The molecule has 3 rings (SSSR count). The van der Waals surface area contributed by atoms with Crippen LogP contribution < -0.4 is 5.56 Å². The van der Waals surface area contributed by atoms with Gasteiger partial charge in [-0.25, -0.2) is 4.98 Å². The summed E-state index contributed by atoms with van der Waals surface area (Å²) < 4.78 is 1.82. The summed E-state index contributed by atoms with van der Waals surface area (Å²) in [5.41, 5.74) is 0.795. The molecule has 1 amide bonds. The third kappa shape index (κ3) is 3.12. The Morgan fingerprint density at radius 1 is 1.32 bits per heavy atom. The van der Waals surface area contributed by atoms with Crippen molar-refractivity contribution in [3.63, 3.8) is 0 Å². The fourth-order valence-corrected chi connectivity index (χ4v) is 5.05. The highest BCUT2D eigenvalue weighted by atomic mass is 32.1. The summed E-state index contributed by atoms with van der Waals surface area (Å²) in [5, 5.41) is 0.626. The van der Waals surface area contributed by atoms with Gasteiger partial charge in [0.2, 0.25) is 0 Å². The number of aryl methyl sites for hydroxylation is 1. The largest absolute Gasteiger partial charge is 0.338 e. The second-order valence-electron chi connectivity index (χ2n) is 7.00. The summed E-state index contributed by atoms with van der Waals surface area (Å²) in [4.78, 5) is 33.5. The van der Waals surface area contributed by atoms with Crippen molar-refractivity contribution in [1.29, 1.82) is 0 Å². The van der Waals surface area contributed by atoms with E-state index in [1.807, 2.05) is 25.3 Å². The predicted octanol–water partition coefficient (Wildman–Crippen LogP) is 4.00. The van der Waals surface area contributed by atoms with Crippen LogP contribution in [0.5, 0.6) is 0 Å². The lowest BCUT2D eigenvalue weighted by molar-refractivity contribution is 0.0777. The molecular formula is C19H27N3O2S. The topological polar surface area (TPSA) is 55.2 Å². The van der Waals surface area contributed by atoms with E-state index >= 15 is 0 Å². The first-order valence-electron chi connectivity index (χ1n) is 9.29. The van der Waals surface area contributed by atoms with Gasteiger partial charge in [0.1, 0.15) is 4.83 Å². The summed E-state index contributed by atoms with van der Waals surface area (Å²) in [6, 6.07) is 0.222. The number of hydrogen-bond acceptors (Lipinski definition) is 4. The molecule has 1 aliphatic rings. The van der Waals surface area contributed by atoms with Crippen molar-refractivity contribution in [2.24, 2.45) is 5.92 Å². The molecule has 0 unspecified atom stereocenters. The van der Waals surface area contributed by atoms with Gasteiger partial charge >= 0.3 is 0 Å². The molecule has 0 saturated heterocycles. The standard InChI is InChI=1S/C19H27N3O2S/c1-5-21(6-2)19(24)16-13(4)15-17(25-16)20-11-22(18(15)23)14-10-8-7-9-12(14)3/h11-12,14H,5-10H2,1-4H3/t12-,14+/m1/s1. The van der Waals surface area contributed by atoms with E-state index in [4.69, 9.17) is 0 Å². The molecule has 2 heterocycles. The number of amides is 1. The first-order chi connectivity index (χ1) is 12.0. The van der Waals surface area contributed by atoms with Gasteiger partial charge in [0.15, 0.2) is 0 Å². The Bertz CT molecular complexity index is 835. The number of hydrogen-bond donors (Lipinski definition) is 0. The molecule has 6 heteroatoms. The monoisotopic (exact) mass is 361 g/mol. The normalized spacial score (nSPS) is 20.8. The van der Waals surface area contributed by atoms with Gasteiger partial charge in [0.25, 0.3) is 11.5 Å². The van der Waals surface area contributed by atoms with Crippen LogP contribution in [0.4, 0.5) is 0 Å². The maximum Gasteiger partial charge on any atom is 0.264 e. The molecule has 0 radical (unpaired) electrons. The summed E-state index contributed by atoms with van der Waals surface area (Å²) >= 11 is 1.35. The van der Waals surface area contributed by atoms with E-state index in [-0.39, 0.29) is 17.5 Å². The molecule has 2 atom stereocenters. The Hall–Kier alpha value is -1.69. The van der Waals surface area contributed by atoms with Crippen LogP contribution in [0.25, 0.3) is 10.2 Å². The smallest absolute Gasteiger partial charge is 0.264 e. The highest BCUT2D eigenvalue weighted by Crippen LogP contribution is 2.34. The van der Waals surface area contributed by atoms with Crippen LogP contribution in [0.1, 0.15) is 67.7 Å². The molecular weight excluding hydrogens is 334 g/mol. The number of thiophene rings is 1. The third-order valence-corrected chi connectivity index (χ3v) is 6.73. The lowest BCUT2D eigenvalue weighted by Gasteiger charge is -2.30. The van der Waals surface area contributed by atoms with E-state index in [0.29, 0.717) is 34.1 Å². The Morgan fingerprint density at radius 2 is 2.00 bits per heavy atom. The summed E-state index contributed by atoms with van der Waals surface area (Å²) in [6.07, 6.45) is 6.28. The van der Waals surface area contributed by atoms with E-state index in [1.165, 1.54) is 17.8 Å². The van der Waals surface area contributed by atoms with Gasteiger partial charge in [0.05, 0.1) is 16.6 Å². The predicted molar refractivity (Wildman–Crippen MR) is 103 cm³/mol. The molecule has 0 bridgehead atoms. The van der Waals surface area contributed by atoms with Gasteiger partial charge in [-0.05, 0) is 45.1 Å². The van der Waals surface area contributed by atoms with E-state index in [9.17, 15) is 9.59 Å². The Balaban J connectivity index is 2.09. The summed E-state index contributed by atoms with van der Waals surface area (Å²) in [5.74, 6) is 0.490. The lowest BCUT2D eigenvalue weighted by Crippen LogP contribution is -2.31. The summed E-state index contributed by atoms with van der Waals surface area (Å²) in [7, 11) is 0. The minimum Gasteiger partial charge on any atom is -0.338 e. The van der Waals surface area contributed by atoms with E-state index in [0.717, 1.165) is 24.8 Å². The molecule has 1 fully saturated rings. The van der Waals surface area contributed by atoms with Crippen LogP contribution in [0.2, 0.25) is 0 Å². The van der Waals surface area contributed by atoms with Crippen molar-refractivity contribution in [2.45, 2.75) is 59.4 Å². The maximum atomic E-state index is 13.1. The number of aromatic nitrogens is 2. The molecule has 0 N–H and O–H groups in total. The van der Waals surface area contributed by atoms with Crippen molar-refractivity contribution in [2.75, 3.05) is 13.1 Å². The Labute approximate surface area is 152 Å². The molecule has 0 aromatic carbocycles. The number of carbonyl (C=O) groups excluding carboxylic acids is 1. The third-order valence-electron chi connectivity index (χ3n) is 5.54. The van der Waals surface area contributed by atoms with E-state index in [1.54, 1.807) is 11.2 Å². The van der Waals surface area contributed by atoms with Gasteiger partial charge in [0, 0.05) is 19.1 Å². The Morgan fingerprint density at radius 3 is 2.64 bits per heavy atom. The molecule has 0 aliphatic heterocycles. The van der Waals surface area contributed by atoms with Crippen molar-refractivity contribution in [3.05, 3.63) is 27.1 Å². The molecule has 5 nitrogen and oxygen atoms in total. The highest BCUT2D eigenvalue weighted by molar-refractivity contribution is 7.20. The number of nitrogens with zero attached hydrogens (tertiary/aromatic N) is 3. The van der Waals surface area contributed by atoms with Gasteiger partial charge < -0.3 is 4.90 Å². The van der Waals surface area contributed by atoms with Gasteiger partial charge in [-0.1, -0.05) is 19.8 Å². The molecule has 2 aromatic heterocycles. The molecule has 1 aliphatic carbocycles. The number of carbonyl (C=O) groups is 1. The fourth-order valence-electron chi connectivity index (χ4n) is 3.94. The number of fused-ring (bicyclic) bond motifs is 1. The van der Waals surface area contributed by atoms with Crippen LogP contribution >= 0.6 is 11.3 Å². The first-order valence-corrected chi connectivity index (χ1v) is 10.1. The van der Waals surface area contributed by atoms with Gasteiger partial charge in [-0.15, -0.1) is 11.3 Å². The summed E-state index contributed by atoms with van der Waals surface area (Å²) in [6.45, 7) is 9.38. The van der Waals surface area contributed by atoms with Crippen LogP contribution in [0.15, 0.2) is 11.1 Å². The van der Waals surface area contributed by atoms with Crippen LogP contribution in [0, 0.1) is 12.8 Å². The van der Waals surface area contributed by atoms with E-state index < -0.39 is 0 Å². The van der Waals surface area contributed by atoms with Gasteiger partial charge in [-0.2, -0.15) is 0 Å². The molecule has 2 aromatic rings. The molecule has 25 heavy (non-hydrogen) atoms. The SMILES string of the molecule is CCN(CC)C(=O)c1sc2ncn([C@H]3CCCC[C@H]3C)c(=O)c2c1C. The maximum absolute atomic E-state index is 13.1. The zero-order valence-electron chi connectivity index (χ0n) is 15.5. The Kier molecular flexibility index (Phi) is 5.27. The first kappa shape index (κ1) is 18.1. The minimum absolute atomic E-state index is 0.00230. The fraction of sp³-hybridized carbons (Fsp3) is 0.632. The average molecular weight is 362 g/mol. The lowest BCUT2D eigenvalue weighted by atomic mass is 9.86. The van der Waals surface area contributed by atoms with E-state index in [2.05, 4.69) is 11.9 Å². The highest BCUT2D eigenvalue weighted by Gasteiger charge is 2.27.